The molecule has 1 atom stereocenters. The molecule has 3 aromatic carbocycles. The Kier molecular flexibility index (Phi) is 5.60. The molecule has 1 heterocycles. The number of H-pyrrole nitrogens is 1. The molecule has 0 aliphatic rings. The van der Waals surface area contributed by atoms with E-state index in [0.29, 0.717) is 5.69 Å². The summed E-state index contributed by atoms with van der Waals surface area (Å²) in [6.07, 6.45) is -1.49. The Hall–Kier alpha value is -4.57. The van der Waals surface area contributed by atoms with Gasteiger partial charge in [0.15, 0.2) is 5.69 Å². The van der Waals surface area contributed by atoms with E-state index in [4.69, 9.17) is 0 Å². The summed E-state index contributed by atoms with van der Waals surface area (Å²) in [7, 11) is 0. The molecule has 0 bridgehead atoms. The van der Waals surface area contributed by atoms with Gasteiger partial charge >= 0.3 is 0 Å². The Labute approximate surface area is 180 Å². The van der Waals surface area contributed by atoms with E-state index in [0.717, 1.165) is 0 Å². The zero-order chi connectivity index (χ0) is 22.7. The molecule has 0 fully saturated rings. The van der Waals surface area contributed by atoms with Gasteiger partial charge in [-0.15, -0.1) is 0 Å². The quantitative estimate of drug-likeness (QED) is 0.208. The van der Waals surface area contributed by atoms with Gasteiger partial charge in [0.25, 0.3) is 11.2 Å². The third-order valence-electron chi connectivity index (χ3n) is 4.70. The van der Waals surface area contributed by atoms with Crippen molar-refractivity contribution in [2.45, 2.75) is 6.10 Å². The number of para-hydroxylation sites is 2. The maximum absolute atomic E-state index is 12.8. The fourth-order valence-corrected chi connectivity index (χ4v) is 3.11. The van der Waals surface area contributed by atoms with Gasteiger partial charge in [-0.3, -0.25) is 20.3 Å². The van der Waals surface area contributed by atoms with Gasteiger partial charge in [-0.1, -0.05) is 36.4 Å². The lowest BCUT2D eigenvalue weighted by Gasteiger charge is -2.15. The number of nitrogens with zero attached hydrogens (tertiary/aromatic N) is 3. The SMILES string of the molecule is O=c1[nH]c2cc([N+](=O)[O-])ccc2nc1/C(=N\Nc1ccccc1)[C@@H](O)c1ccccc1O. The van der Waals surface area contributed by atoms with Crippen LogP contribution in [0.5, 0.6) is 5.75 Å². The number of aliphatic hydroxyl groups excluding tert-OH is 1. The number of rotatable bonds is 6. The largest absolute Gasteiger partial charge is 0.508 e. The first-order valence-corrected chi connectivity index (χ1v) is 9.47. The van der Waals surface area contributed by atoms with Crippen molar-refractivity contribution in [3.63, 3.8) is 0 Å². The number of hydrogen-bond donors (Lipinski definition) is 4. The van der Waals surface area contributed by atoms with E-state index >= 15 is 0 Å². The third-order valence-corrected chi connectivity index (χ3v) is 4.70. The van der Waals surface area contributed by atoms with Crippen molar-refractivity contribution in [2.75, 3.05) is 5.43 Å². The number of benzene rings is 3. The molecular formula is C22H17N5O5. The minimum atomic E-state index is -1.49. The zero-order valence-electron chi connectivity index (χ0n) is 16.5. The number of nitro groups is 1. The van der Waals surface area contributed by atoms with Crippen molar-refractivity contribution in [3.05, 3.63) is 105 Å². The fourth-order valence-electron chi connectivity index (χ4n) is 3.11. The summed E-state index contributed by atoms with van der Waals surface area (Å²) in [5.74, 6) is -0.180. The van der Waals surface area contributed by atoms with Crippen molar-refractivity contribution in [2.24, 2.45) is 5.10 Å². The molecule has 4 aromatic rings. The third kappa shape index (κ3) is 4.16. The van der Waals surface area contributed by atoms with Crippen molar-refractivity contribution in [3.8, 4) is 5.75 Å². The molecule has 4 N–H and O–H groups in total. The fraction of sp³-hybridized carbons (Fsp3) is 0.0455. The number of phenolic OH excluding ortho intramolecular Hbond substituents is 1. The van der Waals surface area contributed by atoms with Crippen LogP contribution in [0.2, 0.25) is 0 Å². The van der Waals surface area contributed by atoms with Crippen LogP contribution < -0.4 is 11.0 Å². The van der Waals surface area contributed by atoms with Crippen molar-refractivity contribution < 1.29 is 15.1 Å². The minimum absolute atomic E-state index is 0.131. The number of nitrogens with one attached hydrogen (secondary N) is 2. The number of aromatic amines is 1. The summed E-state index contributed by atoms with van der Waals surface area (Å²) in [5.41, 5.74) is 2.69. The number of aliphatic hydroxyl groups is 1. The average molecular weight is 431 g/mol. The average Bonchev–Trinajstić information content (AvgIpc) is 2.79. The molecule has 32 heavy (non-hydrogen) atoms. The number of anilines is 1. The van der Waals surface area contributed by atoms with E-state index in [9.17, 15) is 25.1 Å². The molecule has 0 unspecified atom stereocenters. The predicted octanol–water partition coefficient (Wildman–Crippen LogP) is 3.09. The molecule has 10 heteroatoms. The lowest BCUT2D eigenvalue weighted by molar-refractivity contribution is -0.384. The van der Waals surface area contributed by atoms with E-state index in [-0.39, 0.29) is 39.4 Å². The highest BCUT2D eigenvalue weighted by molar-refractivity contribution is 6.04. The molecule has 0 amide bonds. The lowest BCUT2D eigenvalue weighted by Crippen LogP contribution is -2.26. The molecule has 0 saturated carbocycles. The molecule has 0 radical (unpaired) electrons. The van der Waals surface area contributed by atoms with E-state index in [2.05, 4.69) is 20.5 Å². The van der Waals surface area contributed by atoms with Gasteiger partial charge in [0.1, 0.15) is 17.6 Å². The molecule has 0 aliphatic heterocycles. The molecule has 10 nitrogen and oxygen atoms in total. The van der Waals surface area contributed by atoms with Crippen LogP contribution in [0, 0.1) is 10.1 Å². The second-order valence-corrected chi connectivity index (χ2v) is 6.81. The smallest absolute Gasteiger partial charge is 0.276 e. The molecule has 1 aromatic heterocycles. The lowest BCUT2D eigenvalue weighted by atomic mass is 10.0. The van der Waals surface area contributed by atoms with E-state index < -0.39 is 16.6 Å². The summed E-state index contributed by atoms with van der Waals surface area (Å²) in [4.78, 5) is 30.1. The van der Waals surface area contributed by atoms with Gasteiger partial charge in [-0.05, 0) is 24.3 Å². The maximum atomic E-state index is 12.8. The number of aromatic hydroxyl groups is 1. The van der Waals surface area contributed by atoms with Crippen LogP contribution in [-0.4, -0.2) is 30.8 Å². The Morgan fingerprint density at radius 3 is 2.53 bits per heavy atom. The standard InChI is InChI=1S/C22H17N5O5/c28-18-9-5-4-8-15(18)21(29)19(26-25-13-6-2-1-3-7-13)20-22(30)24-17-12-14(27(31)32)10-11-16(17)23-20/h1-12,21,25,28-29H,(H,24,30)/b26-19+/t21-/m0/s1. The van der Waals surface area contributed by atoms with E-state index in [1.54, 1.807) is 36.4 Å². The molecule has 0 aliphatic carbocycles. The van der Waals surface area contributed by atoms with Crippen molar-refractivity contribution in [1.82, 2.24) is 9.97 Å². The Balaban J connectivity index is 1.85. The van der Waals surface area contributed by atoms with Gasteiger partial charge in [0.05, 0.1) is 21.6 Å². The van der Waals surface area contributed by atoms with Crippen LogP contribution in [0.3, 0.4) is 0 Å². The predicted molar refractivity (Wildman–Crippen MR) is 119 cm³/mol. The molecule has 4 rings (SSSR count). The second-order valence-electron chi connectivity index (χ2n) is 6.81. The highest BCUT2D eigenvalue weighted by Crippen LogP contribution is 2.27. The van der Waals surface area contributed by atoms with Gasteiger partial charge in [0.2, 0.25) is 0 Å². The summed E-state index contributed by atoms with van der Waals surface area (Å²) in [6, 6.07) is 18.8. The summed E-state index contributed by atoms with van der Waals surface area (Å²) < 4.78 is 0. The van der Waals surface area contributed by atoms with Crippen LogP contribution in [0.4, 0.5) is 11.4 Å². The van der Waals surface area contributed by atoms with Crippen LogP contribution in [0.15, 0.2) is 82.7 Å². The summed E-state index contributed by atoms with van der Waals surface area (Å²) >= 11 is 0. The normalized spacial score (nSPS) is 12.5. The first-order chi connectivity index (χ1) is 15.4. The van der Waals surface area contributed by atoms with Crippen LogP contribution in [-0.2, 0) is 0 Å². The first-order valence-electron chi connectivity index (χ1n) is 9.47. The number of hydrazone groups is 1. The second kappa shape index (κ2) is 8.66. The van der Waals surface area contributed by atoms with Crippen LogP contribution >= 0.6 is 0 Å². The highest BCUT2D eigenvalue weighted by Gasteiger charge is 2.25. The maximum Gasteiger partial charge on any atom is 0.276 e. The van der Waals surface area contributed by atoms with Gasteiger partial charge in [-0.25, -0.2) is 4.98 Å². The molecule has 160 valence electrons. The van der Waals surface area contributed by atoms with Gasteiger partial charge in [0, 0.05) is 17.7 Å². The van der Waals surface area contributed by atoms with E-state index in [1.165, 1.54) is 30.3 Å². The van der Waals surface area contributed by atoms with Gasteiger partial charge < -0.3 is 15.2 Å². The number of aromatic nitrogens is 2. The van der Waals surface area contributed by atoms with Crippen LogP contribution in [0.1, 0.15) is 17.4 Å². The summed E-state index contributed by atoms with van der Waals surface area (Å²) in [6.45, 7) is 0. The molecule has 0 spiro atoms. The Morgan fingerprint density at radius 2 is 1.81 bits per heavy atom. The summed E-state index contributed by atoms with van der Waals surface area (Å²) in [5, 5.41) is 36.4. The van der Waals surface area contributed by atoms with Gasteiger partial charge in [-0.2, -0.15) is 5.10 Å². The zero-order valence-corrected chi connectivity index (χ0v) is 16.5. The Bertz CT molecular complexity index is 1380. The molecule has 0 saturated heterocycles. The number of non-ortho nitro benzene ring substituents is 1. The monoisotopic (exact) mass is 431 g/mol. The number of nitro benzene ring substituents is 1. The van der Waals surface area contributed by atoms with Crippen molar-refractivity contribution >= 4 is 28.1 Å². The number of fused-ring (bicyclic) bond motifs is 1. The number of phenols is 1. The van der Waals surface area contributed by atoms with Crippen LogP contribution in [0.25, 0.3) is 11.0 Å². The van der Waals surface area contributed by atoms with Crippen molar-refractivity contribution in [1.29, 1.82) is 0 Å². The Morgan fingerprint density at radius 1 is 1.09 bits per heavy atom. The first kappa shape index (κ1) is 20.7. The molecular weight excluding hydrogens is 414 g/mol. The highest BCUT2D eigenvalue weighted by atomic mass is 16.6. The van der Waals surface area contributed by atoms with E-state index in [1.807, 2.05) is 6.07 Å². The number of hydrogen-bond acceptors (Lipinski definition) is 8. The topological polar surface area (TPSA) is 154 Å². The minimum Gasteiger partial charge on any atom is -0.508 e.